The van der Waals surface area contributed by atoms with Crippen molar-refractivity contribution < 1.29 is 9.90 Å². The van der Waals surface area contributed by atoms with Crippen molar-refractivity contribution in [3.05, 3.63) is 35.4 Å². The molecule has 2 atom stereocenters. The number of carbonyl (C=O) groups is 1. The molecule has 3 nitrogen and oxygen atoms in total. The summed E-state index contributed by atoms with van der Waals surface area (Å²) in [5.41, 5.74) is 1.96. The van der Waals surface area contributed by atoms with Gasteiger partial charge >= 0.3 is 0 Å². The number of aliphatic hydroxyl groups is 1. The van der Waals surface area contributed by atoms with Crippen LogP contribution in [0.3, 0.4) is 0 Å². The Balaban J connectivity index is 2.15. The Bertz CT molecular complexity index is 495. The van der Waals surface area contributed by atoms with Crippen molar-refractivity contribution >= 4 is 17.7 Å². The fourth-order valence-electron chi connectivity index (χ4n) is 2.99. The maximum Gasteiger partial charge on any atom is 0.230 e. The number of benzene rings is 1. The highest BCUT2D eigenvalue weighted by atomic mass is 32.2. The van der Waals surface area contributed by atoms with Crippen LogP contribution in [0.1, 0.15) is 37.3 Å². The molecule has 1 saturated carbocycles. The van der Waals surface area contributed by atoms with Crippen LogP contribution in [0.4, 0.5) is 0 Å². The molecule has 1 aromatic carbocycles. The van der Waals surface area contributed by atoms with Gasteiger partial charge in [0.1, 0.15) is 0 Å². The van der Waals surface area contributed by atoms with E-state index in [0.717, 1.165) is 24.8 Å². The highest BCUT2D eigenvalue weighted by Gasteiger charge is 2.46. The molecule has 0 spiro atoms. The van der Waals surface area contributed by atoms with E-state index in [2.05, 4.69) is 30.4 Å². The molecule has 2 rings (SSSR count). The molecule has 21 heavy (non-hydrogen) atoms. The maximum atomic E-state index is 12.8. The average molecular weight is 307 g/mol. The van der Waals surface area contributed by atoms with Gasteiger partial charge in [-0.25, -0.2) is 0 Å². The molecule has 4 heteroatoms. The van der Waals surface area contributed by atoms with E-state index in [-0.39, 0.29) is 29.2 Å². The predicted molar refractivity (Wildman–Crippen MR) is 88.7 cm³/mol. The van der Waals surface area contributed by atoms with E-state index in [4.69, 9.17) is 0 Å². The number of aliphatic hydroxyl groups excluding tert-OH is 1. The summed E-state index contributed by atoms with van der Waals surface area (Å²) >= 11 is 1.59. The smallest absolute Gasteiger partial charge is 0.230 e. The number of rotatable bonds is 6. The van der Waals surface area contributed by atoms with Crippen LogP contribution in [-0.2, 0) is 10.2 Å². The van der Waals surface area contributed by atoms with Crippen molar-refractivity contribution in [1.82, 2.24) is 5.32 Å². The molecule has 2 N–H and O–H groups in total. The summed E-state index contributed by atoms with van der Waals surface area (Å²) < 4.78 is 0. The van der Waals surface area contributed by atoms with Crippen LogP contribution >= 0.6 is 11.8 Å². The van der Waals surface area contributed by atoms with Crippen molar-refractivity contribution in [2.45, 2.75) is 49.8 Å². The molecule has 1 aliphatic carbocycles. The summed E-state index contributed by atoms with van der Waals surface area (Å²) in [6.45, 7) is 4.11. The van der Waals surface area contributed by atoms with Crippen LogP contribution in [0.25, 0.3) is 0 Å². The lowest BCUT2D eigenvalue weighted by molar-refractivity contribution is -0.130. The second-order valence-corrected chi connectivity index (χ2v) is 7.10. The van der Waals surface area contributed by atoms with Gasteiger partial charge in [0.2, 0.25) is 5.91 Å². The predicted octanol–water partition coefficient (Wildman–Crippen LogP) is 2.65. The Labute approximate surface area is 131 Å². The van der Waals surface area contributed by atoms with Gasteiger partial charge < -0.3 is 10.4 Å². The fourth-order valence-corrected chi connectivity index (χ4v) is 3.62. The van der Waals surface area contributed by atoms with E-state index < -0.39 is 0 Å². The van der Waals surface area contributed by atoms with Gasteiger partial charge in [0.25, 0.3) is 0 Å². The number of nitrogens with one attached hydrogen (secondary N) is 1. The third-order valence-electron chi connectivity index (χ3n) is 4.61. The Hall–Kier alpha value is -1.00. The quantitative estimate of drug-likeness (QED) is 0.849. The molecule has 0 saturated heterocycles. The van der Waals surface area contributed by atoms with Crippen LogP contribution in [-0.4, -0.2) is 35.2 Å². The van der Waals surface area contributed by atoms with E-state index >= 15 is 0 Å². The normalized spacial score (nSPS) is 19.4. The van der Waals surface area contributed by atoms with Gasteiger partial charge in [-0.05, 0) is 38.5 Å². The van der Waals surface area contributed by atoms with Gasteiger partial charge in [0.05, 0.1) is 12.0 Å². The molecule has 0 aromatic heterocycles. The lowest BCUT2D eigenvalue weighted by atomic mass is 9.63. The molecule has 1 fully saturated rings. The van der Waals surface area contributed by atoms with E-state index in [1.807, 2.05) is 19.2 Å². The van der Waals surface area contributed by atoms with Gasteiger partial charge in [0.15, 0.2) is 0 Å². The van der Waals surface area contributed by atoms with Crippen LogP contribution in [0.15, 0.2) is 24.3 Å². The van der Waals surface area contributed by atoms with Crippen LogP contribution < -0.4 is 5.32 Å². The van der Waals surface area contributed by atoms with Crippen molar-refractivity contribution in [2.75, 3.05) is 12.9 Å². The zero-order valence-electron chi connectivity index (χ0n) is 13.1. The molecule has 116 valence electrons. The van der Waals surface area contributed by atoms with Gasteiger partial charge in [-0.2, -0.15) is 11.8 Å². The topological polar surface area (TPSA) is 49.3 Å². The zero-order valence-corrected chi connectivity index (χ0v) is 13.9. The molecule has 1 aliphatic rings. The lowest BCUT2D eigenvalue weighted by Gasteiger charge is -2.42. The van der Waals surface area contributed by atoms with Crippen molar-refractivity contribution in [2.24, 2.45) is 0 Å². The van der Waals surface area contributed by atoms with Crippen molar-refractivity contribution in [3.63, 3.8) is 0 Å². The first-order valence-corrected chi connectivity index (χ1v) is 8.84. The second-order valence-electron chi connectivity index (χ2n) is 6.02. The maximum absolute atomic E-state index is 12.8. The zero-order chi connectivity index (χ0) is 15.5. The molecule has 1 aromatic rings. The highest BCUT2D eigenvalue weighted by Crippen LogP contribution is 2.44. The summed E-state index contributed by atoms with van der Waals surface area (Å²) in [7, 11) is 0. The number of amides is 1. The average Bonchev–Trinajstić information content (AvgIpc) is 2.38. The minimum atomic E-state index is -0.362. The first-order valence-electron chi connectivity index (χ1n) is 7.55. The number of aryl methyl sites for hydroxylation is 1. The SMILES string of the molecule is CSC(CO)C(C)NC(=O)C1(c2cccc(C)c2)CCC1. The molecule has 0 bridgehead atoms. The van der Waals surface area contributed by atoms with Crippen LogP contribution in [0.2, 0.25) is 0 Å². The fraction of sp³-hybridized carbons (Fsp3) is 0.588. The summed E-state index contributed by atoms with van der Waals surface area (Å²) in [6.07, 6.45) is 4.89. The van der Waals surface area contributed by atoms with Gasteiger partial charge in [0, 0.05) is 11.3 Å². The first-order chi connectivity index (χ1) is 10.0. The standard InChI is InChI=1S/C17H25NO2S/c1-12-6-4-7-14(10-12)17(8-5-9-17)16(20)18-13(2)15(11-19)21-3/h4,6-7,10,13,15,19H,5,8-9,11H2,1-3H3,(H,18,20). The Kier molecular flexibility index (Phi) is 5.33. The minimum absolute atomic E-state index is 0.0280. The molecular weight excluding hydrogens is 282 g/mol. The summed E-state index contributed by atoms with van der Waals surface area (Å²) in [5, 5.41) is 12.5. The molecule has 1 amide bonds. The Morgan fingerprint density at radius 2 is 2.19 bits per heavy atom. The number of thioether (sulfide) groups is 1. The summed E-state index contributed by atoms with van der Waals surface area (Å²) in [4.78, 5) is 12.8. The van der Waals surface area contributed by atoms with Crippen LogP contribution in [0.5, 0.6) is 0 Å². The van der Waals surface area contributed by atoms with Gasteiger partial charge in [-0.15, -0.1) is 0 Å². The molecule has 0 heterocycles. The third-order valence-corrected chi connectivity index (χ3v) is 5.77. The number of carbonyl (C=O) groups excluding carboxylic acids is 1. The van der Waals surface area contributed by atoms with E-state index in [1.54, 1.807) is 11.8 Å². The highest BCUT2D eigenvalue weighted by molar-refractivity contribution is 7.99. The molecule has 0 radical (unpaired) electrons. The van der Waals surface area contributed by atoms with Crippen LogP contribution in [0, 0.1) is 6.92 Å². The number of hydrogen-bond donors (Lipinski definition) is 2. The van der Waals surface area contributed by atoms with E-state index in [9.17, 15) is 9.90 Å². The van der Waals surface area contributed by atoms with Crippen molar-refractivity contribution in [1.29, 1.82) is 0 Å². The lowest BCUT2D eigenvalue weighted by Crippen LogP contribution is -2.53. The monoisotopic (exact) mass is 307 g/mol. The van der Waals surface area contributed by atoms with E-state index in [1.165, 1.54) is 5.56 Å². The second kappa shape index (κ2) is 6.84. The minimum Gasteiger partial charge on any atom is -0.395 e. The van der Waals surface area contributed by atoms with E-state index in [0.29, 0.717) is 0 Å². The van der Waals surface area contributed by atoms with Crippen molar-refractivity contribution in [3.8, 4) is 0 Å². The Morgan fingerprint density at radius 1 is 1.48 bits per heavy atom. The molecule has 0 aliphatic heterocycles. The first kappa shape index (κ1) is 16.4. The summed E-state index contributed by atoms with van der Waals surface area (Å²) in [5.74, 6) is 0.111. The third kappa shape index (κ3) is 3.27. The summed E-state index contributed by atoms with van der Waals surface area (Å²) in [6, 6.07) is 8.25. The molecular formula is C17H25NO2S. The van der Waals surface area contributed by atoms with Gasteiger partial charge in [-0.1, -0.05) is 36.2 Å². The largest absolute Gasteiger partial charge is 0.395 e. The molecule has 2 unspecified atom stereocenters. The number of hydrogen-bond acceptors (Lipinski definition) is 3. The Morgan fingerprint density at radius 3 is 2.67 bits per heavy atom. The van der Waals surface area contributed by atoms with Gasteiger partial charge in [-0.3, -0.25) is 4.79 Å².